The lowest BCUT2D eigenvalue weighted by Crippen LogP contribution is -2.19. The number of hydrogen-bond acceptors (Lipinski definition) is 2. The van der Waals surface area contributed by atoms with Crippen LogP contribution in [0, 0.1) is 23.1 Å². The summed E-state index contributed by atoms with van der Waals surface area (Å²) in [6.07, 6.45) is 0. The summed E-state index contributed by atoms with van der Waals surface area (Å²) >= 11 is 0. The molecule has 2 nitrogen and oxygen atoms in total. The van der Waals surface area contributed by atoms with E-state index in [9.17, 15) is 8.60 Å². The van der Waals surface area contributed by atoms with Crippen molar-refractivity contribution >= 4 is 10.8 Å². The van der Waals surface area contributed by atoms with Crippen LogP contribution in [0.25, 0.3) is 0 Å². The van der Waals surface area contributed by atoms with Crippen molar-refractivity contribution in [2.75, 3.05) is 0 Å². The van der Waals surface area contributed by atoms with E-state index in [2.05, 4.69) is 0 Å². The van der Waals surface area contributed by atoms with Gasteiger partial charge in [0.1, 0.15) is 5.82 Å². The third kappa shape index (κ3) is 3.64. The minimum Gasteiger partial charge on any atom is -0.259 e. The molecule has 2 unspecified atom stereocenters. The van der Waals surface area contributed by atoms with Crippen LogP contribution in [0.2, 0.25) is 0 Å². The Labute approximate surface area is 104 Å². The van der Waals surface area contributed by atoms with Crippen molar-refractivity contribution < 1.29 is 8.60 Å². The van der Waals surface area contributed by atoms with E-state index < -0.39 is 16.6 Å². The van der Waals surface area contributed by atoms with Crippen LogP contribution in [0.3, 0.4) is 0 Å². The van der Waals surface area contributed by atoms with Gasteiger partial charge in [-0.15, -0.1) is 0 Å². The average Bonchev–Trinajstić information content (AvgIpc) is 2.30. The first-order valence-electron chi connectivity index (χ1n) is 5.51. The van der Waals surface area contributed by atoms with Crippen LogP contribution in [0.5, 0.6) is 0 Å². The van der Waals surface area contributed by atoms with Gasteiger partial charge in [-0.25, -0.2) is 4.39 Å². The molecule has 0 radical (unpaired) electrons. The lowest BCUT2D eigenvalue weighted by Gasteiger charge is -2.15. The van der Waals surface area contributed by atoms with Gasteiger partial charge >= 0.3 is 0 Å². The Balaban J connectivity index is 2.83. The summed E-state index contributed by atoms with van der Waals surface area (Å²) < 4.78 is 25.5. The molecule has 0 fully saturated rings. The third-order valence-electron chi connectivity index (χ3n) is 2.83. The van der Waals surface area contributed by atoms with E-state index in [1.807, 2.05) is 26.8 Å². The van der Waals surface area contributed by atoms with Gasteiger partial charge in [-0.2, -0.15) is 5.26 Å². The van der Waals surface area contributed by atoms with Gasteiger partial charge in [0.25, 0.3) is 0 Å². The third-order valence-corrected chi connectivity index (χ3v) is 4.80. The SMILES string of the molecule is CC(C)C(C)S(=O)Cc1ccc(C#N)cc1F. The summed E-state index contributed by atoms with van der Waals surface area (Å²) in [5, 5.41) is 8.65. The molecule has 0 aromatic heterocycles. The van der Waals surface area contributed by atoms with Crippen LogP contribution < -0.4 is 0 Å². The van der Waals surface area contributed by atoms with Gasteiger partial charge in [0, 0.05) is 21.6 Å². The van der Waals surface area contributed by atoms with Crippen molar-refractivity contribution in [2.24, 2.45) is 5.92 Å². The van der Waals surface area contributed by atoms with Gasteiger partial charge in [-0.1, -0.05) is 26.8 Å². The molecule has 1 aromatic rings. The molecule has 0 bridgehead atoms. The summed E-state index contributed by atoms with van der Waals surface area (Å²) in [7, 11) is -1.09. The smallest absolute Gasteiger partial charge is 0.128 e. The van der Waals surface area contributed by atoms with E-state index in [1.54, 1.807) is 12.1 Å². The number of nitriles is 1. The van der Waals surface area contributed by atoms with Gasteiger partial charge in [-0.3, -0.25) is 4.21 Å². The molecule has 0 aliphatic heterocycles. The van der Waals surface area contributed by atoms with Crippen molar-refractivity contribution in [2.45, 2.75) is 31.8 Å². The van der Waals surface area contributed by atoms with Crippen molar-refractivity contribution in [1.82, 2.24) is 0 Å². The minimum atomic E-state index is -1.09. The molecule has 92 valence electrons. The molecule has 0 saturated carbocycles. The Bertz CT molecular complexity index is 465. The first-order chi connectivity index (χ1) is 7.95. The Morgan fingerprint density at radius 1 is 1.41 bits per heavy atom. The second-order valence-corrected chi connectivity index (χ2v) is 6.19. The lowest BCUT2D eigenvalue weighted by atomic mass is 10.1. The second kappa shape index (κ2) is 5.92. The van der Waals surface area contributed by atoms with Crippen molar-refractivity contribution in [3.05, 3.63) is 35.1 Å². The Hall–Kier alpha value is -1.21. The number of hydrogen-bond donors (Lipinski definition) is 0. The molecular weight excluding hydrogens is 237 g/mol. The molecule has 0 heterocycles. The van der Waals surface area contributed by atoms with Gasteiger partial charge in [0.05, 0.1) is 17.4 Å². The average molecular weight is 253 g/mol. The molecule has 0 aliphatic carbocycles. The highest BCUT2D eigenvalue weighted by Crippen LogP contribution is 2.16. The highest BCUT2D eigenvalue weighted by molar-refractivity contribution is 7.84. The molecule has 1 aromatic carbocycles. The second-order valence-electron chi connectivity index (χ2n) is 4.39. The largest absolute Gasteiger partial charge is 0.259 e. The number of rotatable bonds is 4. The van der Waals surface area contributed by atoms with Gasteiger partial charge in [0.15, 0.2) is 0 Å². The van der Waals surface area contributed by atoms with Crippen LogP contribution in [-0.2, 0) is 16.6 Å². The van der Waals surface area contributed by atoms with E-state index in [0.717, 1.165) is 0 Å². The van der Waals surface area contributed by atoms with Crippen LogP contribution in [0.15, 0.2) is 18.2 Å². The topological polar surface area (TPSA) is 40.9 Å². The predicted molar refractivity (Wildman–Crippen MR) is 67.3 cm³/mol. The Morgan fingerprint density at radius 3 is 2.53 bits per heavy atom. The van der Waals surface area contributed by atoms with Crippen LogP contribution in [0.4, 0.5) is 4.39 Å². The first-order valence-corrected chi connectivity index (χ1v) is 6.89. The Morgan fingerprint density at radius 2 is 2.06 bits per heavy atom. The fourth-order valence-corrected chi connectivity index (χ4v) is 2.73. The maximum absolute atomic E-state index is 13.6. The van der Waals surface area contributed by atoms with Gasteiger partial charge < -0.3 is 0 Å². The number of halogens is 1. The standard InChI is InChI=1S/C13H16FNOS/c1-9(2)10(3)17(16)8-12-5-4-11(7-15)6-13(12)14/h4-6,9-10H,8H2,1-3H3. The zero-order valence-corrected chi connectivity index (χ0v) is 11.1. The van der Waals surface area contributed by atoms with Crippen LogP contribution >= 0.6 is 0 Å². The van der Waals surface area contributed by atoms with Crippen molar-refractivity contribution in [3.8, 4) is 6.07 Å². The molecule has 1 rings (SSSR count). The highest BCUT2D eigenvalue weighted by atomic mass is 32.2. The van der Waals surface area contributed by atoms with Gasteiger partial charge in [-0.05, 0) is 18.1 Å². The number of nitrogens with zero attached hydrogens (tertiary/aromatic N) is 1. The van der Waals surface area contributed by atoms with Crippen molar-refractivity contribution in [3.63, 3.8) is 0 Å². The fourth-order valence-electron chi connectivity index (χ4n) is 1.32. The molecule has 0 spiro atoms. The van der Waals surface area contributed by atoms with Gasteiger partial charge in [0.2, 0.25) is 0 Å². The maximum Gasteiger partial charge on any atom is 0.128 e. The normalized spacial score (nSPS) is 14.4. The fraction of sp³-hybridized carbons (Fsp3) is 0.462. The van der Waals surface area contributed by atoms with E-state index in [4.69, 9.17) is 5.26 Å². The molecule has 0 aliphatic rings. The van der Waals surface area contributed by atoms with Crippen LogP contribution in [0.1, 0.15) is 31.9 Å². The van der Waals surface area contributed by atoms with E-state index >= 15 is 0 Å². The summed E-state index contributed by atoms with van der Waals surface area (Å²) in [5.74, 6) is 0.0577. The zero-order chi connectivity index (χ0) is 13.0. The number of benzene rings is 1. The zero-order valence-electron chi connectivity index (χ0n) is 10.2. The van der Waals surface area contributed by atoms with E-state index in [1.165, 1.54) is 6.07 Å². The molecule has 0 amide bonds. The molecule has 0 saturated heterocycles. The monoisotopic (exact) mass is 253 g/mol. The molecule has 2 atom stereocenters. The van der Waals surface area contributed by atoms with E-state index in [-0.39, 0.29) is 16.6 Å². The maximum atomic E-state index is 13.6. The molecular formula is C13H16FNOS. The van der Waals surface area contributed by atoms with Crippen molar-refractivity contribution in [1.29, 1.82) is 5.26 Å². The molecule has 17 heavy (non-hydrogen) atoms. The predicted octanol–water partition coefficient (Wildman–Crippen LogP) is 2.99. The summed E-state index contributed by atoms with van der Waals surface area (Å²) in [5.41, 5.74) is 0.698. The highest BCUT2D eigenvalue weighted by Gasteiger charge is 2.17. The molecule has 4 heteroatoms. The first kappa shape index (κ1) is 13.9. The van der Waals surface area contributed by atoms with Crippen LogP contribution in [-0.4, -0.2) is 9.46 Å². The summed E-state index contributed by atoms with van der Waals surface area (Å²) in [6, 6.07) is 6.15. The summed E-state index contributed by atoms with van der Waals surface area (Å²) in [4.78, 5) is 0. The quantitative estimate of drug-likeness (QED) is 0.827. The summed E-state index contributed by atoms with van der Waals surface area (Å²) in [6.45, 7) is 5.90. The lowest BCUT2D eigenvalue weighted by molar-refractivity contribution is 0.597. The minimum absolute atomic E-state index is 0.0324. The molecule has 0 N–H and O–H groups in total. The Kier molecular flexibility index (Phi) is 4.83. The van der Waals surface area contributed by atoms with E-state index in [0.29, 0.717) is 11.5 Å².